The minimum atomic E-state index is -0.782. The summed E-state index contributed by atoms with van der Waals surface area (Å²) >= 11 is 0. The number of ether oxygens (including phenoxy) is 1. The van der Waals surface area contributed by atoms with Gasteiger partial charge >= 0.3 is 5.97 Å². The van der Waals surface area contributed by atoms with E-state index >= 15 is 0 Å². The number of carboxylic acids is 1. The number of benzene rings is 2. The molecule has 1 aliphatic carbocycles. The molecule has 1 fully saturated rings. The van der Waals surface area contributed by atoms with Crippen LogP contribution in [0.5, 0.6) is 5.75 Å². The Labute approximate surface area is 153 Å². The molecular formula is C21H25NO4. The first-order chi connectivity index (χ1) is 12.5. The maximum absolute atomic E-state index is 12.7. The van der Waals surface area contributed by atoms with Gasteiger partial charge in [-0.1, -0.05) is 24.6 Å². The fraction of sp³-hybridized carbons (Fsp3) is 0.429. The number of amides is 1. The molecule has 26 heavy (non-hydrogen) atoms. The average molecular weight is 355 g/mol. The summed E-state index contributed by atoms with van der Waals surface area (Å²) in [6, 6.07) is 12.1. The third-order valence-corrected chi connectivity index (χ3v) is 5.28. The summed E-state index contributed by atoms with van der Waals surface area (Å²) in [6.45, 7) is 0.523. The van der Waals surface area contributed by atoms with Crippen LogP contribution in [0.15, 0.2) is 36.4 Å². The molecule has 0 saturated heterocycles. The standard InChI is InChI=1S/C21H25NO4/c1-22(20(23)17-4-3-5-18(11-17)21(24)25)13-14-6-7-16-12-19(26-2)9-8-15(16)10-14/h6-10,12,17-18H,3-5,11,13H2,1-2H3,(H,24,25). The summed E-state index contributed by atoms with van der Waals surface area (Å²) < 4.78 is 5.25. The molecule has 0 heterocycles. The van der Waals surface area contributed by atoms with Crippen molar-refractivity contribution in [2.45, 2.75) is 32.2 Å². The zero-order valence-corrected chi connectivity index (χ0v) is 15.3. The normalized spacial score (nSPS) is 19.9. The van der Waals surface area contributed by atoms with E-state index in [1.807, 2.05) is 30.3 Å². The van der Waals surface area contributed by atoms with Gasteiger partial charge in [-0.15, -0.1) is 0 Å². The first-order valence-electron chi connectivity index (χ1n) is 9.02. The Kier molecular flexibility index (Phi) is 5.45. The predicted octanol–water partition coefficient (Wildman–Crippen LogP) is 3.70. The van der Waals surface area contributed by atoms with Crippen LogP contribution in [-0.4, -0.2) is 36.0 Å². The third-order valence-electron chi connectivity index (χ3n) is 5.28. The van der Waals surface area contributed by atoms with Crippen LogP contribution >= 0.6 is 0 Å². The highest BCUT2D eigenvalue weighted by Crippen LogP contribution is 2.31. The number of carbonyl (C=O) groups excluding carboxylic acids is 1. The molecule has 1 amide bonds. The van der Waals surface area contributed by atoms with Gasteiger partial charge in [-0.2, -0.15) is 0 Å². The maximum Gasteiger partial charge on any atom is 0.306 e. The number of rotatable bonds is 5. The molecule has 2 aromatic rings. The van der Waals surface area contributed by atoms with Crippen molar-refractivity contribution < 1.29 is 19.4 Å². The van der Waals surface area contributed by atoms with Crippen molar-refractivity contribution in [1.82, 2.24) is 4.90 Å². The van der Waals surface area contributed by atoms with Crippen molar-refractivity contribution in [3.63, 3.8) is 0 Å². The lowest BCUT2D eigenvalue weighted by Gasteiger charge is -2.29. The molecule has 0 aromatic heterocycles. The number of nitrogens with zero attached hydrogens (tertiary/aromatic N) is 1. The maximum atomic E-state index is 12.7. The molecule has 1 aliphatic rings. The van der Waals surface area contributed by atoms with Crippen LogP contribution in [0.25, 0.3) is 10.8 Å². The van der Waals surface area contributed by atoms with Crippen LogP contribution < -0.4 is 4.74 Å². The van der Waals surface area contributed by atoms with Gasteiger partial charge in [0, 0.05) is 19.5 Å². The SMILES string of the molecule is COc1ccc2cc(CN(C)C(=O)C3CCCC(C(=O)O)C3)ccc2c1. The fourth-order valence-corrected chi connectivity index (χ4v) is 3.80. The van der Waals surface area contributed by atoms with E-state index in [1.165, 1.54) is 0 Å². The van der Waals surface area contributed by atoms with Gasteiger partial charge in [-0.25, -0.2) is 0 Å². The summed E-state index contributed by atoms with van der Waals surface area (Å²) in [5.41, 5.74) is 1.06. The zero-order valence-electron chi connectivity index (χ0n) is 15.3. The molecule has 3 rings (SSSR count). The molecule has 1 saturated carbocycles. The lowest BCUT2D eigenvalue weighted by atomic mass is 9.81. The van der Waals surface area contributed by atoms with Crippen LogP contribution in [-0.2, 0) is 16.1 Å². The predicted molar refractivity (Wildman–Crippen MR) is 100 cm³/mol. The van der Waals surface area contributed by atoms with Crippen LogP contribution in [0.4, 0.5) is 0 Å². The van der Waals surface area contributed by atoms with E-state index in [0.29, 0.717) is 19.4 Å². The van der Waals surface area contributed by atoms with Crippen molar-refractivity contribution in [3.8, 4) is 5.75 Å². The second-order valence-corrected chi connectivity index (χ2v) is 7.14. The van der Waals surface area contributed by atoms with Gasteiger partial charge in [-0.05, 0) is 53.8 Å². The first kappa shape index (κ1) is 18.2. The Morgan fingerprint density at radius 3 is 2.54 bits per heavy atom. The zero-order chi connectivity index (χ0) is 18.7. The number of carbonyl (C=O) groups is 2. The molecule has 1 N–H and O–H groups in total. The summed E-state index contributed by atoms with van der Waals surface area (Å²) in [6.07, 6.45) is 2.72. The number of methoxy groups -OCH3 is 1. The lowest BCUT2D eigenvalue weighted by molar-refractivity contribution is -0.145. The van der Waals surface area contributed by atoms with Gasteiger partial charge in [0.1, 0.15) is 5.75 Å². The van der Waals surface area contributed by atoms with Crippen LogP contribution in [0.3, 0.4) is 0 Å². The number of hydrogen-bond donors (Lipinski definition) is 1. The Hall–Kier alpha value is -2.56. The van der Waals surface area contributed by atoms with Gasteiger partial charge in [0.2, 0.25) is 5.91 Å². The van der Waals surface area contributed by atoms with Gasteiger partial charge in [0.05, 0.1) is 13.0 Å². The van der Waals surface area contributed by atoms with Gasteiger partial charge in [0.25, 0.3) is 0 Å². The topological polar surface area (TPSA) is 66.8 Å². The van der Waals surface area contributed by atoms with Gasteiger partial charge < -0.3 is 14.7 Å². The Morgan fingerprint density at radius 2 is 1.81 bits per heavy atom. The quantitative estimate of drug-likeness (QED) is 0.888. The van der Waals surface area contributed by atoms with E-state index in [4.69, 9.17) is 4.74 Å². The minimum Gasteiger partial charge on any atom is -0.497 e. The molecule has 0 radical (unpaired) electrons. The summed E-state index contributed by atoms with van der Waals surface area (Å²) in [7, 11) is 3.45. The molecule has 0 spiro atoms. The number of carboxylic acid groups (broad SMARTS) is 1. The van der Waals surface area contributed by atoms with Crippen LogP contribution in [0.1, 0.15) is 31.2 Å². The van der Waals surface area contributed by atoms with Crippen molar-refractivity contribution in [1.29, 1.82) is 0 Å². The van der Waals surface area contributed by atoms with E-state index in [0.717, 1.165) is 34.9 Å². The molecule has 0 bridgehead atoms. The lowest BCUT2D eigenvalue weighted by Crippen LogP contribution is -2.36. The second kappa shape index (κ2) is 7.77. The minimum absolute atomic E-state index is 0.0470. The van der Waals surface area contributed by atoms with Gasteiger partial charge in [-0.3, -0.25) is 9.59 Å². The second-order valence-electron chi connectivity index (χ2n) is 7.14. The summed E-state index contributed by atoms with van der Waals surface area (Å²) in [5, 5.41) is 11.4. The molecule has 2 unspecified atom stereocenters. The van der Waals surface area contributed by atoms with Crippen LogP contribution in [0, 0.1) is 11.8 Å². The van der Waals surface area contributed by atoms with E-state index < -0.39 is 5.97 Å². The van der Waals surface area contributed by atoms with E-state index in [-0.39, 0.29) is 17.7 Å². The van der Waals surface area contributed by atoms with E-state index in [2.05, 4.69) is 6.07 Å². The molecule has 2 aromatic carbocycles. The van der Waals surface area contributed by atoms with Crippen molar-refractivity contribution in [2.24, 2.45) is 11.8 Å². The summed E-state index contributed by atoms with van der Waals surface area (Å²) in [5.74, 6) is -0.481. The van der Waals surface area contributed by atoms with Gasteiger partial charge in [0.15, 0.2) is 0 Å². The molecule has 5 nitrogen and oxygen atoms in total. The van der Waals surface area contributed by atoms with Crippen molar-refractivity contribution >= 4 is 22.6 Å². The highest BCUT2D eigenvalue weighted by Gasteiger charge is 2.32. The van der Waals surface area contributed by atoms with E-state index in [9.17, 15) is 14.7 Å². The Balaban J connectivity index is 1.68. The Morgan fingerprint density at radius 1 is 1.12 bits per heavy atom. The van der Waals surface area contributed by atoms with Crippen molar-refractivity contribution in [3.05, 3.63) is 42.0 Å². The molecule has 0 aliphatic heterocycles. The smallest absolute Gasteiger partial charge is 0.306 e. The number of aliphatic carboxylic acids is 1. The summed E-state index contributed by atoms with van der Waals surface area (Å²) in [4.78, 5) is 25.7. The fourth-order valence-electron chi connectivity index (χ4n) is 3.80. The van der Waals surface area contributed by atoms with Crippen LogP contribution in [0.2, 0.25) is 0 Å². The monoisotopic (exact) mass is 355 g/mol. The third kappa shape index (κ3) is 3.98. The largest absolute Gasteiger partial charge is 0.497 e. The van der Waals surface area contributed by atoms with Crippen molar-refractivity contribution in [2.75, 3.05) is 14.2 Å². The molecule has 138 valence electrons. The molecule has 2 atom stereocenters. The molecule has 5 heteroatoms. The highest BCUT2D eigenvalue weighted by molar-refractivity contribution is 5.85. The Bertz CT molecular complexity index is 817. The number of fused-ring (bicyclic) bond motifs is 1. The number of hydrogen-bond acceptors (Lipinski definition) is 3. The molecular weight excluding hydrogens is 330 g/mol. The highest BCUT2D eigenvalue weighted by atomic mass is 16.5. The van der Waals surface area contributed by atoms with E-state index in [1.54, 1.807) is 19.1 Å². The first-order valence-corrected chi connectivity index (χ1v) is 9.02. The average Bonchev–Trinajstić information content (AvgIpc) is 2.66.